The van der Waals surface area contributed by atoms with E-state index in [1.165, 1.54) is 4.68 Å². The lowest BCUT2D eigenvalue weighted by Crippen LogP contribution is -2.51. The molecule has 0 N–H and O–H groups in total. The maximum absolute atomic E-state index is 12.8. The number of nitrogens with zero attached hydrogens (tertiary/aromatic N) is 6. The van der Waals surface area contributed by atoms with Gasteiger partial charge in [-0.15, -0.1) is 5.10 Å². The molecule has 1 saturated heterocycles. The van der Waals surface area contributed by atoms with Crippen molar-refractivity contribution in [2.45, 2.75) is 20.3 Å². The van der Waals surface area contributed by atoms with Crippen molar-refractivity contribution in [2.24, 2.45) is 0 Å². The molecule has 0 spiro atoms. The maximum Gasteiger partial charge on any atom is 0.276 e. The van der Waals surface area contributed by atoms with Crippen molar-refractivity contribution in [1.82, 2.24) is 30.0 Å². The number of hydrogen-bond donors (Lipinski definition) is 0. The minimum Gasteiger partial charge on any atom is -0.361 e. The highest BCUT2D eigenvalue weighted by atomic mass is 35.5. The van der Waals surface area contributed by atoms with E-state index in [1.54, 1.807) is 35.1 Å². The Morgan fingerprint density at radius 3 is 2.47 bits per heavy atom. The van der Waals surface area contributed by atoms with E-state index < -0.39 is 0 Å². The first-order chi connectivity index (χ1) is 14.4. The van der Waals surface area contributed by atoms with Crippen LogP contribution in [-0.2, 0) is 11.2 Å². The largest absolute Gasteiger partial charge is 0.361 e. The molecule has 0 saturated carbocycles. The lowest BCUT2D eigenvalue weighted by Gasteiger charge is -2.34. The molecular formula is C20H21ClN6O3. The molecule has 4 rings (SSSR count). The summed E-state index contributed by atoms with van der Waals surface area (Å²) in [5.41, 5.74) is 2.46. The molecule has 3 aromatic rings. The minimum absolute atomic E-state index is 0.00108. The highest BCUT2D eigenvalue weighted by molar-refractivity contribution is 6.32. The van der Waals surface area contributed by atoms with Gasteiger partial charge in [0.25, 0.3) is 5.91 Å². The summed E-state index contributed by atoms with van der Waals surface area (Å²) in [6, 6.07) is 7.21. The summed E-state index contributed by atoms with van der Waals surface area (Å²) in [6.07, 6.45) is 1.82. The van der Waals surface area contributed by atoms with Crippen molar-refractivity contribution in [2.75, 3.05) is 26.2 Å². The molecule has 1 aromatic carbocycles. The smallest absolute Gasteiger partial charge is 0.276 e. The van der Waals surface area contributed by atoms with E-state index in [4.69, 9.17) is 16.1 Å². The molecule has 1 aliphatic heterocycles. The third-order valence-electron chi connectivity index (χ3n) is 5.24. The van der Waals surface area contributed by atoms with Gasteiger partial charge in [0.15, 0.2) is 5.69 Å². The quantitative estimate of drug-likeness (QED) is 0.630. The maximum atomic E-state index is 12.8. The standard InChI is InChI=1S/C20H21ClN6O3/c1-13-15(14(2)30-23-13)11-19(28)25-7-9-26(10-8-25)20(29)17-12-27(24-22-17)18-6-4-3-5-16(18)21/h3-6,12H,7-11H2,1-2H3. The number of aryl methyl sites for hydroxylation is 2. The number of halogens is 1. The van der Waals surface area contributed by atoms with Gasteiger partial charge in [-0.3, -0.25) is 9.59 Å². The van der Waals surface area contributed by atoms with Crippen molar-refractivity contribution in [3.8, 4) is 5.69 Å². The Morgan fingerprint density at radius 1 is 1.10 bits per heavy atom. The molecule has 0 unspecified atom stereocenters. The lowest BCUT2D eigenvalue weighted by molar-refractivity contribution is -0.131. The molecule has 0 aliphatic carbocycles. The first kappa shape index (κ1) is 20.1. The van der Waals surface area contributed by atoms with Gasteiger partial charge in [0.05, 0.1) is 29.0 Å². The van der Waals surface area contributed by atoms with Crippen molar-refractivity contribution >= 4 is 23.4 Å². The van der Waals surface area contributed by atoms with Crippen LogP contribution < -0.4 is 0 Å². The number of carbonyl (C=O) groups is 2. The first-order valence-electron chi connectivity index (χ1n) is 9.60. The summed E-state index contributed by atoms with van der Waals surface area (Å²) in [5, 5.41) is 12.4. The molecule has 3 heterocycles. The zero-order chi connectivity index (χ0) is 21.3. The summed E-state index contributed by atoms with van der Waals surface area (Å²) < 4.78 is 6.61. The summed E-state index contributed by atoms with van der Waals surface area (Å²) in [7, 11) is 0. The molecule has 2 aromatic heterocycles. The van der Waals surface area contributed by atoms with Crippen LogP contribution in [0, 0.1) is 13.8 Å². The van der Waals surface area contributed by atoms with Crippen LogP contribution in [0.5, 0.6) is 0 Å². The highest BCUT2D eigenvalue weighted by Crippen LogP contribution is 2.19. The van der Waals surface area contributed by atoms with Crippen molar-refractivity contribution in [3.05, 3.63) is 58.2 Å². The Bertz CT molecular complexity index is 1060. The van der Waals surface area contributed by atoms with E-state index >= 15 is 0 Å². The van der Waals surface area contributed by atoms with Crippen molar-refractivity contribution < 1.29 is 14.1 Å². The van der Waals surface area contributed by atoms with Crippen LogP contribution in [0.4, 0.5) is 0 Å². The summed E-state index contributed by atoms with van der Waals surface area (Å²) >= 11 is 6.18. The second-order valence-electron chi connectivity index (χ2n) is 7.15. The van der Waals surface area contributed by atoms with Crippen LogP contribution in [0.15, 0.2) is 35.0 Å². The fourth-order valence-corrected chi connectivity index (χ4v) is 3.68. The third kappa shape index (κ3) is 3.93. The number of para-hydroxylation sites is 1. The second-order valence-corrected chi connectivity index (χ2v) is 7.56. The van der Waals surface area contributed by atoms with Crippen LogP contribution >= 0.6 is 11.6 Å². The van der Waals surface area contributed by atoms with E-state index in [0.717, 1.165) is 11.3 Å². The molecule has 1 aliphatic rings. The van der Waals surface area contributed by atoms with Gasteiger partial charge in [-0.25, -0.2) is 4.68 Å². The van der Waals surface area contributed by atoms with Crippen LogP contribution in [-0.4, -0.2) is 67.9 Å². The Kier molecular flexibility index (Phi) is 5.54. The monoisotopic (exact) mass is 428 g/mol. The molecule has 0 bridgehead atoms. The highest BCUT2D eigenvalue weighted by Gasteiger charge is 2.27. The molecule has 156 valence electrons. The number of rotatable bonds is 4. The summed E-state index contributed by atoms with van der Waals surface area (Å²) in [6.45, 7) is 5.43. The molecule has 10 heteroatoms. The van der Waals surface area contributed by atoms with Crippen LogP contribution in [0.25, 0.3) is 5.69 Å². The van der Waals surface area contributed by atoms with E-state index in [0.29, 0.717) is 42.6 Å². The fourth-order valence-electron chi connectivity index (χ4n) is 3.46. The first-order valence-corrected chi connectivity index (χ1v) is 9.98. The number of carbonyl (C=O) groups excluding carboxylic acids is 2. The Hall–Kier alpha value is -3.20. The van der Waals surface area contributed by atoms with Gasteiger partial charge in [-0.2, -0.15) is 0 Å². The van der Waals surface area contributed by atoms with Gasteiger partial charge in [-0.05, 0) is 26.0 Å². The van der Waals surface area contributed by atoms with E-state index in [-0.39, 0.29) is 23.9 Å². The number of hydrogen-bond acceptors (Lipinski definition) is 6. The molecule has 2 amide bonds. The molecule has 0 radical (unpaired) electrons. The average Bonchev–Trinajstić information content (AvgIpc) is 3.36. The number of piperazine rings is 1. The Morgan fingerprint density at radius 2 is 1.80 bits per heavy atom. The van der Waals surface area contributed by atoms with Crippen LogP contribution in [0.2, 0.25) is 5.02 Å². The lowest BCUT2D eigenvalue weighted by atomic mass is 10.1. The fraction of sp³-hybridized carbons (Fsp3) is 0.350. The third-order valence-corrected chi connectivity index (χ3v) is 5.56. The van der Waals surface area contributed by atoms with Gasteiger partial charge in [0, 0.05) is 31.7 Å². The normalized spacial score (nSPS) is 14.2. The van der Waals surface area contributed by atoms with Crippen molar-refractivity contribution in [1.29, 1.82) is 0 Å². The van der Waals surface area contributed by atoms with Crippen LogP contribution in [0.3, 0.4) is 0 Å². The molecule has 9 nitrogen and oxygen atoms in total. The molecule has 30 heavy (non-hydrogen) atoms. The number of benzene rings is 1. The number of aromatic nitrogens is 4. The van der Waals surface area contributed by atoms with Crippen LogP contribution in [0.1, 0.15) is 27.5 Å². The van der Waals surface area contributed by atoms with E-state index in [9.17, 15) is 9.59 Å². The average molecular weight is 429 g/mol. The van der Waals surface area contributed by atoms with E-state index in [1.807, 2.05) is 19.1 Å². The Balaban J connectivity index is 1.37. The van der Waals surface area contributed by atoms with Gasteiger partial charge >= 0.3 is 0 Å². The van der Waals surface area contributed by atoms with Crippen molar-refractivity contribution in [3.63, 3.8) is 0 Å². The van der Waals surface area contributed by atoms with Gasteiger partial charge in [0.1, 0.15) is 5.76 Å². The van der Waals surface area contributed by atoms with Gasteiger partial charge < -0.3 is 14.3 Å². The zero-order valence-corrected chi connectivity index (χ0v) is 17.5. The predicted octanol–water partition coefficient (Wildman–Crippen LogP) is 2.05. The molecular weight excluding hydrogens is 408 g/mol. The second kappa shape index (κ2) is 8.27. The zero-order valence-electron chi connectivity index (χ0n) is 16.7. The van der Waals surface area contributed by atoms with Gasteiger partial charge in [0.2, 0.25) is 5.91 Å². The topological polar surface area (TPSA) is 97.4 Å². The number of amides is 2. The Labute approximate surface area is 178 Å². The van der Waals surface area contributed by atoms with Gasteiger partial charge in [-0.1, -0.05) is 34.1 Å². The summed E-state index contributed by atoms with van der Waals surface area (Å²) in [4.78, 5) is 28.9. The minimum atomic E-state index is -0.217. The molecule has 0 atom stereocenters. The van der Waals surface area contributed by atoms with E-state index in [2.05, 4.69) is 15.5 Å². The summed E-state index contributed by atoms with van der Waals surface area (Å²) in [5.74, 6) is 0.448. The SMILES string of the molecule is Cc1noc(C)c1CC(=O)N1CCN(C(=O)c2cn(-c3ccccc3Cl)nn2)CC1. The predicted molar refractivity (Wildman–Crippen MR) is 109 cm³/mol. The molecule has 1 fully saturated rings.